The van der Waals surface area contributed by atoms with Crippen molar-refractivity contribution in [3.63, 3.8) is 0 Å². The van der Waals surface area contributed by atoms with Gasteiger partial charge in [0.25, 0.3) is 11.1 Å². The average molecular weight is 426 g/mol. The van der Waals surface area contributed by atoms with Crippen molar-refractivity contribution < 1.29 is 14.4 Å². The minimum Gasteiger partial charge on any atom is -0.338 e. The Morgan fingerprint density at radius 1 is 1.23 bits per heavy atom. The number of para-hydroxylation sites is 1. The lowest BCUT2D eigenvalue weighted by Gasteiger charge is -2.33. The molecule has 0 saturated carbocycles. The summed E-state index contributed by atoms with van der Waals surface area (Å²) in [5, 5.41) is 0.755. The Bertz CT molecular complexity index is 1030. The molecule has 0 unspecified atom stereocenters. The third kappa shape index (κ3) is 3.90. The molecular weight excluding hydrogens is 398 g/mol. The fourth-order valence-corrected chi connectivity index (χ4v) is 5.14. The molecule has 2 aliphatic heterocycles. The van der Waals surface area contributed by atoms with E-state index in [0.717, 1.165) is 54.0 Å². The van der Waals surface area contributed by atoms with E-state index in [-0.39, 0.29) is 29.6 Å². The molecule has 4 rings (SSSR count). The van der Waals surface area contributed by atoms with Crippen LogP contribution in [0, 0.1) is 0 Å². The summed E-state index contributed by atoms with van der Waals surface area (Å²) < 4.78 is 1.96. The largest absolute Gasteiger partial charge is 0.338 e. The Balaban J connectivity index is 1.64. The second kappa shape index (κ2) is 8.68. The number of thioether (sulfide) groups is 1. The van der Waals surface area contributed by atoms with Crippen LogP contribution in [0.5, 0.6) is 0 Å². The van der Waals surface area contributed by atoms with Gasteiger partial charge in [0.15, 0.2) is 0 Å². The minimum absolute atomic E-state index is 0.123. The summed E-state index contributed by atoms with van der Waals surface area (Å²) in [6.07, 6.45) is 7.73. The number of rotatable bonds is 5. The van der Waals surface area contributed by atoms with Crippen molar-refractivity contribution in [1.82, 2.24) is 14.4 Å². The summed E-state index contributed by atoms with van der Waals surface area (Å²) in [4.78, 5) is 41.5. The maximum Gasteiger partial charge on any atom is 0.293 e. The van der Waals surface area contributed by atoms with Crippen molar-refractivity contribution in [3.05, 3.63) is 40.9 Å². The van der Waals surface area contributed by atoms with Crippen LogP contribution < -0.4 is 0 Å². The molecule has 3 amide bonds. The number of imide groups is 1. The number of aromatic nitrogens is 1. The number of fused-ring (bicyclic) bond motifs is 1. The number of likely N-dealkylation sites (tertiary alicyclic amines) is 1. The van der Waals surface area contributed by atoms with Gasteiger partial charge < -0.3 is 9.47 Å². The van der Waals surface area contributed by atoms with Crippen LogP contribution in [0.3, 0.4) is 0 Å². The first-order valence-corrected chi connectivity index (χ1v) is 11.4. The summed E-state index contributed by atoms with van der Waals surface area (Å²) >= 11 is 0.985. The molecule has 2 fully saturated rings. The van der Waals surface area contributed by atoms with E-state index in [1.54, 1.807) is 6.08 Å². The molecule has 0 radical (unpaired) electrons. The van der Waals surface area contributed by atoms with Gasteiger partial charge in [-0.05, 0) is 56.5 Å². The SMILES string of the molecule is CCCN1C(=O)S/C(=C\c2cn(CC(=O)N3CCCC[C@H]3C)c3ccccc23)C1=O. The van der Waals surface area contributed by atoms with Gasteiger partial charge >= 0.3 is 0 Å². The number of hydrogen-bond acceptors (Lipinski definition) is 4. The van der Waals surface area contributed by atoms with Gasteiger partial charge in [0.2, 0.25) is 5.91 Å². The average Bonchev–Trinajstić information content (AvgIpc) is 3.21. The van der Waals surface area contributed by atoms with Gasteiger partial charge in [-0.2, -0.15) is 0 Å². The molecule has 7 heteroatoms. The smallest absolute Gasteiger partial charge is 0.293 e. The van der Waals surface area contributed by atoms with E-state index in [0.29, 0.717) is 11.4 Å². The Hall–Kier alpha value is -2.54. The van der Waals surface area contributed by atoms with E-state index in [2.05, 4.69) is 6.92 Å². The molecule has 1 aromatic heterocycles. The molecule has 2 aromatic rings. The van der Waals surface area contributed by atoms with Gasteiger partial charge in [-0.1, -0.05) is 25.1 Å². The van der Waals surface area contributed by atoms with Gasteiger partial charge in [0, 0.05) is 41.8 Å². The first-order chi connectivity index (χ1) is 14.5. The highest BCUT2D eigenvalue weighted by Crippen LogP contribution is 2.34. The number of carbonyl (C=O) groups is 3. The summed E-state index contributed by atoms with van der Waals surface area (Å²) in [5.74, 6) is -0.111. The zero-order valence-corrected chi connectivity index (χ0v) is 18.3. The van der Waals surface area contributed by atoms with Gasteiger partial charge in [-0.3, -0.25) is 19.3 Å². The van der Waals surface area contributed by atoms with E-state index in [1.807, 2.05) is 46.9 Å². The lowest BCUT2D eigenvalue weighted by molar-refractivity contribution is -0.135. The Morgan fingerprint density at radius 2 is 2.03 bits per heavy atom. The molecule has 0 aliphatic carbocycles. The van der Waals surface area contributed by atoms with Crippen molar-refractivity contribution in [2.24, 2.45) is 0 Å². The fourth-order valence-electron chi connectivity index (χ4n) is 4.28. The monoisotopic (exact) mass is 425 g/mol. The Labute approximate surface area is 180 Å². The highest BCUT2D eigenvalue weighted by molar-refractivity contribution is 8.18. The molecule has 30 heavy (non-hydrogen) atoms. The number of carbonyl (C=O) groups excluding carboxylic acids is 3. The third-order valence-corrected chi connectivity index (χ3v) is 6.76. The lowest BCUT2D eigenvalue weighted by Crippen LogP contribution is -2.43. The van der Waals surface area contributed by atoms with Crippen molar-refractivity contribution >= 4 is 45.8 Å². The standard InChI is InChI=1S/C23H27N3O3S/c1-3-11-26-22(28)20(30-23(26)29)13-17-14-24(19-10-5-4-9-18(17)19)15-21(27)25-12-7-6-8-16(25)2/h4-5,9-10,13-14,16H,3,6-8,11-12,15H2,1-2H3/b20-13-/t16-/m1/s1. The highest BCUT2D eigenvalue weighted by atomic mass is 32.2. The van der Waals surface area contributed by atoms with E-state index in [9.17, 15) is 14.4 Å². The summed E-state index contributed by atoms with van der Waals surface area (Å²) in [7, 11) is 0. The molecular formula is C23H27N3O3S. The molecule has 1 aromatic carbocycles. The molecule has 6 nitrogen and oxygen atoms in total. The predicted molar refractivity (Wildman–Crippen MR) is 120 cm³/mol. The van der Waals surface area contributed by atoms with Crippen molar-refractivity contribution in [2.45, 2.75) is 52.1 Å². The predicted octanol–water partition coefficient (Wildman–Crippen LogP) is 4.49. The van der Waals surface area contributed by atoms with Crippen LogP contribution >= 0.6 is 11.8 Å². The van der Waals surface area contributed by atoms with Crippen molar-refractivity contribution in [3.8, 4) is 0 Å². The molecule has 1 atom stereocenters. The molecule has 2 aliphatic rings. The molecule has 3 heterocycles. The molecule has 0 N–H and O–H groups in total. The minimum atomic E-state index is -0.234. The van der Waals surface area contributed by atoms with Gasteiger partial charge in [0.05, 0.1) is 4.91 Å². The van der Waals surface area contributed by atoms with Gasteiger partial charge in [0.1, 0.15) is 6.54 Å². The number of benzene rings is 1. The van der Waals surface area contributed by atoms with Crippen LogP contribution in [-0.2, 0) is 16.1 Å². The molecule has 0 spiro atoms. The molecule has 2 saturated heterocycles. The maximum absolute atomic E-state index is 13.0. The van der Waals surface area contributed by atoms with Crippen LogP contribution in [0.2, 0.25) is 0 Å². The second-order valence-corrected chi connectivity index (χ2v) is 8.99. The van der Waals surface area contributed by atoms with E-state index >= 15 is 0 Å². The van der Waals surface area contributed by atoms with Crippen LogP contribution in [0.4, 0.5) is 4.79 Å². The van der Waals surface area contributed by atoms with Crippen molar-refractivity contribution in [2.75, 3.05) is 13.1 Å². The molecule has 0 bridgehead atoms. The van der Waals surface area contributed by atoms with Gasteiger partial charge in [-0.15, -0.1) is 0 Å². The highest BCUT2D eigenvalue weighted by Gasteiger charge is 2.34. The lowest BCUT2D eigenvalue weighted by atomic mass is 10.0. The number of nitrogens with zero attached hydrogens (tertiary/aromatic N) is 3. The van der Waals surface area contributed by atoms with E-state index in [4.69, 9.17) is 0 Å². The van der Waals surface area contributed by atoms with Crippen LogP contribution in [0.25, 0.3) is 17.0 Å². The topological polar surface area (TPSA) is 62.6 Å². The zero-order valence-electron chi connectivity index (χ0n) is 17.5. The second-order valence-electron chi connectivity index (χ2n) is 7.99. The van der Waals surface area contributed by atoms with Gasteiger partial charge in [-0.25, -0.2) is 0 Å². The number of amides is 3. The maximum atomic E-state index is 13.0. The normalized spacial score (nSPS) is 21.3. The van der Waals surface area contributed by atoms with Crippen LogP contribution in [0.1, 0.15) is 45.1 Å². The molecule has 158 valence electrons. The first kappa shape index (κ1) is 20.7. The third-order valence-electron chi connectivity index (χ3n) is 5.86. The quantitative estimate of drug-likeness (QED) is 0.662. The number of piperidine rings is 1. The summed E-state index contributed by atoms with van der Waals surface area (Å²) in [6.45, 7) is 5.59. The van der Waals surface area contributed by atoms with E-state index < -0.39 is 0 Å². The Morgan fingerprint density at radius 3 is 2.80 bits per heavy atom. The van der Waals surface area contributed by atoms with Crippen LogP contribution in [0.15, 0.2) is 35.4 Å². The van der Waals surface area contributed by atoms with Crippen molar-refractivity contribution in [1.29, 1.82) is 0 Å². The zero-order chi connectivity index (χ0) is 21.3. The number of hydrogen-bond donors (Lipinski definition) is 0. The fraction of sp³-hybridized carbons (Fsp3) is 0.435. The summed E-state index contributed by atoms with van der Waals surface area (Å²) in [5.41, 5.74) is 1.81. The summed E-state index contributed by atoms with van der Waals surface area (Å²) in [6, 6.07) is 8.15. The first-order valence-electron chi connectivity index (χ1n) is 10.6. The Kier molecular flexibility index (Phi) is 5.99. The van der Waals surface area contributed by atoms with Crippen LogP contribution in [-0.4, -0.2) is 50.6 Å². The van der Waals surface area contributed by atoms with E-state index in [1.165, 1.54) is 11.3 Å².